The van der Waals surface area contributed by atoms with E-state index >= 15 is 0 Å². The zero-order valence-electron chi connectivity index (χ0n) is 10.8. The molecule has 1 saturated heterocycles. The number of hydrogen-bond donors (Lipinski definition) is 1. The number of nitrogens with one attached hydrogen (secondary N) is 1. The number of halogens is 3. The molecule has 0 aromatic heterocycles. The number of ether oxygens (including phenoxy) is 1. The first-order chi connectivity index (χ1) is 9.02. The first kappa shape index (κ1) is 14.2. The van der Waals surface area contributed by atoms with Crippen LogP contribution in [-0.4, -0.2) is 19.3 Å². The zero-order valence-corrected chi connectivity index (χ0v) is 10.8. The van der Waals surface area contributed by atoms with Crippen molar-refractivity contribution in [1.29, 1.82) is 0 Å². The molecule has 0 amide bonds. The number of alkyl halides is 3. The highest BCUT2D eigenvalue weighted by molar-refractivity contribution is 5.30. The Labute approximate surface area is 111 Å². The summed E-state index contributed by atoms with van der Waals surface area (Å²) in [4.78, 5) is 0. The van der Waals surface area contributed by atoms with Crippen molar-refractivity contribution in [2.45, 2.75) is 32.0 Å². The number of piperidine rings is 1. The predicted molar refractivity (Wildman–Crippen MR) is 67.1 cm³/mol. The minimum atomic E-state index is -4.16. The molecule has 2 nitrogen and oxygen atoms in total. The molecule has 0 saturated carbocycles. The highest BCUT2D eigenvalue weighted by Crippen LogP contribution is 2.41. The number of benzene rings is 1. The first-order valence-corrected chi connectivity index (χ1v) is 6.55. The fourth-order valence-electron chi connectivity index (χ4n) is 2.53. The lowest BCUT2D eigenvalue weighted by Crippen LogP contribution is -2.41. The molecule has 5 heteroatoms. The van der Waals surface area contributed by atoms with Crippen molar-refractivity contribution in [2.24, 2.45) is 5.92 Å². The fourth-order valence-corrected chi connectivity index (χ4v) is 2.53. The van der Waals surface area contributed by atoms with Crippen LogP contribution in [0.25, 0.3) is 0 Å². The Kier molecular flexibility index (Phi) is 4.34. The van der Waals surface area contributed by atoms with Gasteiger partial charge in [0.1, 0.15) is 5.75 Å². The molecular formula is C14H18F3NO. The second-order valence-corrected chi connectivity index (χ2v) is 4.72. The van der Waals surface area contributed by atoms with Gasteiger partial charge in [-0.05, 0) is 44.0 Å². The average molecular weight is 273 g/mol. The summed E-state index contributed by atoms with van der Waals surface area (Å²) in [5, 5.41) is 2.98. The van der Waals surface area contributed by atoms with Crippen LogP contribution in [0, 0.1) is 5.92 Å². The molecule has 19 heavy (non-hydrogen) atoms. The summed E-state index contributed by atoms with van der Waals surface area (Å²) < 4.78 is 44.3. The lowest BCUT2D eigenvalue weighted by molar-refractivity contribution is -0.189. The molecule has 0 aliphatic carbocycles. The molecule has 2 atom stereocenters. The standard InChI is InChI=1S/C14H18F3NO/c1-2-19-11-7-5-10(6-8-11)13-12(14(15,16)17)4-3-9-18-13/h5-8,12-13,18H,2-4,9H2,1H3. The maximum atomic E-state index is 13.0. The Bertz CT molecular complexity index is 402. The van der Waals surface area contributed by atoms with E-state index in [1.54, 1.807) is 24.3 Å². The lowest BCUT2D eigenvalue weighted by Gasteiger charge is -2.34. The molecule has 1 fully saturated rings. The highest BCUT2D eigenvalue weighted by Gasteiger charge is 2.45. The first-order valence-electron chi connectivity index (χ1n) is 6.55. The highest BCUT2D eigenvalue weighted by atomic mass is 19.4. The summed E-state index contributed by atoms with van der Waals surface area (Å²) in [6, 6.07) is 6.23. The summed E-state index contributed by atoms with van der Waals surface area (Å²) in [5.41, 5.74) is 0.672. The quantitative estimate of drug-likeness (QED) is 0.907. The van der Waals surface area contributed by atoms with Crippen LogP contribution in [-0.2, 0) is 0 Å². The molecule has 2 rings (SSSR count). The predicted octanol–water partition coefficient (Wildman–Crippen LogP) is 3.69. The Morgan fingerprint density at radius 1 is 1.26 bits per heavy atom. The van der Waals surface area contributed by atoms with E-state index in [0.29, 0.717) is 30.9 Å². The van der Waals surface area contributed by atoms with Crippen LogP contribution in [0.1, 0.15) is 31.4 Å². The van der Waals surface area contributed by atoms with E-state index < -0.39 is 18.1 Å². The van der Waals surface area contributed by atoms with Crippen LogP contribution < -0.4 is 10.1 Å². The molecule has 0 radical (unpaired) electrons. The molecule has 1 aromatic rings. The van der Waals surface area contributed by atoms with Gasteiger partial charge in [-0.15, -0.1) is 0 Å². The molecule has 1 aliphatic rings. The Hall–Kier alpha value is -1.23. The molecule has 0 spiro atoms. The molecule has 106 valence electrons. The van der Waals surface area contributed by atoms with E-state index in [-0.39, 0.29) is 6.42 Å². The smallest absolute Gasteiger partial charge is 0.393 e. The average Bonchev–Trinajstić information content (AvgIpc) is 2.39. The molecule has 2 unspecified atom stereocenters. The van der Waals surface area contributed by atoms with Gasteiger partial charge in [0.05, 0.1) is 12.5 Å². The van der Waals surface area contributed by atoms with Crippen LogP contribution in [0.3, 0.4) is 0 Å². The van der Waals surface area contributed by atoms with Crippen molar-refractivity contribution in [3.63, 3.8) is 0 Å². The van der Waals surface area contributed by atoms with E-state index in [2.05, 4.69) is 5.32 Å². The normalized spacial score (nSPS) is 24.2. The van der Waals surface area contributed by atoms with Crippen molar-refractivity contribution in [3.05, 3.63) is 29.8 Å². The van der Waals surface area contributed by atoms with Crippen LogP contribution in [0.5, 0.6) is 5.75 Å². The van der Waals surface area contributed by atoms with Gasteiger partial charge in [-0.2, -0.15) is 13.2 Å². The van der Waals surface area contributed by atoms with Crippen molar-refractivity contribution >= 4 is 0 Å². The fraction of sp³-hybridized carbons (Fsp3) is 0.571. The topological polar surface area (TPSA) is 21.3 Å². The van der Waals surface area contributed by atoms with Crippen LogP contribution >= 0.6 is 0 Å². The summed E-state index contributed by atoms with van der Waals surface area (Å²) in [7, 11) is 0. The van der Waals surface area contributed by atoms with Gasteiger partial charge in [0.15, 0.2) is 0 Å². The molecule has 1 aliphatic heterocycles. The zero-order chi connectivity index (χ0) is 13.9. The van der Waals surface area contributed by atoms with Gasteiger partial charge in [0.2, 0.25) is 0 Å². The molecule has 1 N–H and O–H groups in total. The summed E-state index contributed by atoms with van der Waals surface area (Å²) in [6.07, 6.45) is -3.40. The van der Waals surface area contributed by atoms with Gasteiger partial charge in [0.25, 0.3) is 0 Å². The van der Waals surface area contributed by atoms with Gasteiger partial charge in [-0.25, -0.2) is 0 Å². The SMILES string of the molecule is CCOc1ccc(C2NCCCC2C(F)(F)F)cc1. The monoisotopic (exact) mass is 273 g/mol. The minimum Gasteiger partial charge on any atom is -0.494 e. The van der Waals surface area contributed by atoms with Gasteiger partial charge in [-0.3, -0.25) is 0 Å². The summed E-state index contributed by atoms with van der Waals surface area (Å²) >= 11 is 0. The second kappa shape index (κ2) is 5.82. The summed E-state index contributed by atoms with van der Waals surface area (Å²) in [6.45, 7) is 3.05. The van der Waals surface area contributed by atoms with E-state index in [1.165, 1.54) is 0 Å². The maximum absolute atomic E-state index is 13.0. The van der Waals surface area contributed by atoms with Crippen LogP contribution in [0.15, 0.2) is 24.3 Å². The third-order valence-electron chi connectivity index (χ3n) is 3.43. The van der Waals surface area contributed by atoms with Crippen molar-refractivity contribution in [1.82, 2.24) is 5.32 Å². The van der Waals surface area contributed by atoms with E-state index in [9.17, 15) is 13.2 Å². The summed E-state index contributed by atoms with van der Waals surface area (Å²) in [5.74, 6) is -0.621. The van der Waals surface area contributed by atoms with Gasteiger partial charge >= 0.3 is 6.18 Å². The van der Waals surface area contributed by atoms with Gasteiger partial charge in [0, 0.05) is 6.04 Å². The van der Waals surface area contributed by atoms with Gasteiger partial charge in [-0.1, -0.05) is 12.1 Å². The second-order valence-electron chi connectivity index (χ2n) is 4.72. The van der Waals surface area contributed by atoms with Gasteiger partial charge < -0.3 is 10.1 Å². The molecule has 1 heterocycles. The molecular weight excluding hydrogens is 255 g/mol. The van der Waals surface area contributed by atoms with E-state index in [1.807, 2.05) is 6.92 Å². The maximum Gasteiger partial charge on any atom is 0.393 e. The Morgan fingerprint density at radius 2 is 1.95 bits per heavy atom. The van der Waals surface area contributed by atoms with Crippen LogP contribution in [0.2, 0.25) is 0 Å². The van der Waals surface area contributed by atoms with Crippen molar-refractivity contribution < 1.29 is 17.9 Å². The lowest BCUT2D eigenvalue weighted by atomic mass is 9.86. The number of hydrogen-bond acceptors (Lipinski definition) is 2. The van der Waals surface area contributed by atoms with Crippen molar-refractivity contribution in [2.75, 3.05) is 13.2 Å². The van der Waals surface area contributed by atoms with Crippen molar-refractivity contribution in [3.8, 4) is 5.75 Å². The van der Waals surface area contributed by atoms with Crippen LogP contribution in [0.4, 0.5) is 13.2 Å². The third kappa shape index (κ3) is 3.41. The largest absolute Gasteiger partial charge is 0.494 e. The molecule has 0 bridgehead atoms. The minimum absolute atomic E-state index is 0.189. The third-order valence-corrected chi connectivity index (χ3v) is 3.43. The Balaban J connectivity index is 2.17. The van der Waals surface area contributed by atoms with E-state index in [0.717, 1.165) is 0 Å². The number of rotatable bonds is 3. The Morgan fingerprint density at radius 3 is 2.53 bits per heavy atom. The van der Waals surface area contributed by atoms with E-state index in [4.69, 9.17) is 4.74 Å². The molecule has 1 aromatic carbocycles.